The second kappa shape index (κ2) is 6.66. The van der Waals surface area contributed by atoms with Crippen LogP contribution in [-0.4, -0.2) is 28.8 Å². The second-order valence-electron chi connectivity index (χ2n) is 4.60. The van der Waals surface area contributed by atoms with Crippen LogP contribution in [0.15, 0.2) is 18.2 Å². The molecule has 0 aromatic heterocycles. The zero-order chi connectivity index (χ0) is 15.3. The Labute approximate surface area is 117 Å². The summed E-state index contributed by atoms with van der Waals surface area (Å²) in [6.45, 7) is 5.82. The quantitative estimate of drug-likeness (QED) is 0.610. The summed E-state index contributed by atoms with van der Waals surface area (Å²) in [5.74, 6) is -0.721. The average molecular weight is 275 g/mol. The predicted molar refractivity (Wildman–Crippen MR) is 74.2 cm³/mol. The molecular formula is C14H17N3O3. The van der Waals surface area contributed by atoms with Crippen molar-refractivity contribution in [2.75, 3.05) is 13.1 Å². The maximum absolute atomic E-state index is 12.5. The first-order valence-electron chi connectivity index (χ1n) is 6.35. The number of nitro benzene ring substituents is 1. The van der Waals surface area contributed by atoms with E-state index >= 15 is 0 Å². The molecule has 0 aliphatic heterocycles. The van der Waals surface area contributed by atoms with Gasteiger partial charge in [0.1, 0.15) is 5.56 Å². The molecule has 6 heteroatoms. The van der Waals surface area contributed by atoms with E-state index in [2.05, 4.69) is 6.07 Å². The van der Waals surface area contributed by atoms with Crippen LogP contribution in [-0.2, 0) is 0 Å². The SMILES string of the molecule is CCN(CC(C)C#N)C(=O)c1c(C)cccc1[N+](=O)[O-]. The Bertz CT molecular complexity index is 563. The second-order valence-corrected chi connectivity index (χ2v) is 4.60. The van der Waals surface area contributed by atoms with Crippen LogP contribution < -0.4 is 0 Å². The molecule has 1 aromatic rings. The van der Waals surface area contributed by atoms with Crippen molar-refractivity contribution in [1.82, 2.24) is 4.90 Å². The number of nitro groups is 1. The van der Waals surface area contributed by atoms with Gasteiger partial charge in [-0.1, -0.05) is 12.1 Å². The summed E-state index contributed by atoms with van der Waals surface area (Å²) in [6.07, 6.45) is 0. The van der Waals surface area contributed by atoms with E-state index in [0.29, 0.717) is 12.1 Å². The molecule has 0 aliphatic rings. The number of rotatable bonds is 5. The van der Waals surface area contributed by atoms with E-state index < -0.39 is 10.8 Å². The standard InChI is InChI=1S/C14H17N3O3/c1-4-16(9-10(2)8-15)14(18)13-11(3)6-5-7-12(13)17(19)20/h5-7,10H,4,9H2,1-3H3. The van der Waals surface area contributed by atoms with Gasteiger partial charge >= 0.3 is 0 Å². The van der Waals surface area contributed by atoms with Crippen LogP contribution in [0.3, 0.4) is 0 Å². The summed E-state index contributed by atoms with van der Waals surface area (Å²) in [4.78, 5) is 24.4. The predicted octanol–water partition coefficient (Wildman–Crippen LogP) is 2.53. The first-order chi connectivity index (χ1) is 9.42. The summed E-state index contributed by atoms with van der Waals surface area (Å²) >= 11 is 0. The van der Waals surface area contributed by atoms with Gasteiger partial charge in [-0.05, 0) is 26.3 Å². The van der Waals surface area contributed by atoms with Gasteiger partial charge in [0.25, 0.3) is 11.6 Å². The molecular weight excluding hydrogens is 258 g/mol. The van der Waals surface area contributed by atoms with Gasteiger partial charge in [-0.25, -0.2) is 0 Å². The highest BCUT2D eigenvalue weighted by molar-refractivity contribution is 5.99. The summed E-state index contributed by atoms with van der Waals surface area (Å²) < 4.78 is 0. The van der Waals surface area contributed by atoms with Crippen molar-refractivity contribution in [2.24, 2.45) is 5.92 Å². The molecule has 1 amide bonds. The Morgan fingerprint density at radius 2 is 2.20 bits per heavy atom. The topological polar surface area (TPSA) is 87.2 Å². The number of hydrogen-bond donors (Lipinski definition) is 0. The zero-order valence-corrected chi connectivity index (χ0v) is 11.8. The summed E-state index contributed by atoms with van der Waals surface area (Å²) in [5, 5.41) is 19.9. The third-order valence-corrected chi connectivity index (χ3v) is 3.04. The minimum absolute atomic E-state index is 0.101. The first-order valence-corrected chi connectivity index (χ1v) is 6.35. The molecule has 0 aliphatic carbocycles. The van der Waals surface area contributed by atoms with Crippen LogP contribution in [0.1, 0.15) is 29.8 Å². The van der Waals surface area contributed by atoms with E-state index in [1.807, 2.05) is 0 Å². The Hall–Kier alpha value is -2.42. The van der Waals surface area contributed by atoms with Gasteiger partial charge in [0.15, 0.2) is 0 Å². The minimum Gasteiger partial charge on any atom is -0.337 e. The zero-order valence-electron chi connectivity index (χ0n) is 11.8. The molecule has 0 N–H and O–H groups in total. The van der Waals surface area contributed by atoms with Crippen LogP contribution in [0.4, 0.5) is 5.69 Å². The smallest absolute Gasteiger partial charge is 0.282 e. The highest BCUT2D eigenvalue weighted by Gasteiger charge is 2.26. The summed E-state index contributed by atoms with van der Waals surface area (Å²) in [7, 11) is 0. The molecule has 6 nitrogen and oxygen atoms in total. The maximum atomic E-state index is 12.5. The first kappa shape index (κ1) is 15.6. The summed E-state index contributed by atoms with van der Waals surface area (Å²) in [6, 6.07) is 6.60. The number of aryl methyl sites for hydroxylation is 1. The Morgan fingerprint density at radius 3 is 2.70 bits per heavy atom. The molecule has 0 spiro atoms. The van der Waals surface area contributed by atoms with Crippen LogP contribution >= 0.6 is 0 Å². The normalized spacial score (nSPS) is 11.5. The molecule has 0 saturated carbocycles. The van der Waals surface area contributed by atoms with Gasteiger partial charge < -0.3 is 4.90 Å². The van der Waals surface area contributed by atoms with Crippen molar-refractivity contribution in [3.63, 3.8) is 0 Å². The van der Waals surface area contributed by atoms with Crippen molar-refractivity contribution < 1.29 is 9.72 Å². The van der Waals surface area contributed by atoms with Crippen LogP contribution in [0, 0.1) is 34.3 Å². The van der Waals surface area contributed by atoms with Crippen LogP contribution in [0.2, 0.25) is 0 Å². The van der Waals surface area contributed by atoms with E-state index in [-0.39, 0.29) is 23.7 Å². The minimum atomic E-state index is -0.554. The van der Waals surface area contributed by atoms with E-state index in [1.165, 1.54) is 11.0 Å². The number of carbonyl (C=O) groups excluding carboxylic acids is 1. The van der Waals surface area contributed by atoms with E-state index in [1.54, 1.807) is 32.9 Å². The van der Waals surface area contributed by atoms with Crippen molar-refractivity contribution >= 4 is 11.6 Å². The molecule has 1 atom stereocenters. The van der Waals surface area contributed by atoms with Crippen LogP contribution in [0.25, 0.3) is 0 Å². The number of nitriles is 1. The fraction of sp³-hybridized carbons (Fsp3) is 0.429. The lowest BCUT2D eigenvalue weighted by atomic mass is 10.0. The maximum Gasteiger partial charge on any atom is 0.282 e. The van der Waals surface area contributed by atoms with Crippen molar-refractivity contribution in [2.45, 2.75) is 20.8 Å². The fourth-order valence-electron chi connectivity index (χ4n) is 1.97. The molecule has 0 radical (unpaired) electrons. The number of nitrogens with zero attached hydrogens (tertiary/aromatic N) is 3. The molecule has 1 aromatic carbocycles. The van der Waals surface area contributed by atoms with E-state index in [0.717, 1.165) is 0 Å². The third-order valence-electron chi connectivity index (χ3n) is 3.04. The van der Waals surface area contributed by atoms with Gasteiger partial charge in [-0.15, -0.1) is 0 Å². The molecule has 1 unspecified atom stereocenters. The highest BCUT2D eigenvalue weighted by Crippen LogP contribution is 2.23. The van der Waals surface area contributed by atoms with E-state index in [9.17, 15) is 14.9 Å². The van der Waals surface area contributed by atoms with Crippen LogP contribution in [0.5, 0.6) is 0 Å². The van der Waals surface area contributed by atoms with Gasteiger partial charge in [0, 0.05) is 19.2 Å². The number of carbonyl (C=O) groups is 1. The van der Waals surface area contributed by atoms with Gasteiger partial charge in [0.05, 0.1) is 16.9 Å². The largest absolute Gasteiger partial charge is 0.337 e. The average Bonchev–Trinajstić information content (AvgIpc) is 2.43. The molecule has 106 valence electrons. The monoisotopic (exact) mass is 275 g/mol. The Balaban J connectivity index is 3.19. The lowest BCUT2D eigenvalue weighted by molar-refractivity contribution is -0.385. The molecule has 1 rings (SSSR count). The van der Waals surface area contributed by atoms with E-state index in [4.69, 9.17) is 5.26 Å². The van der Waals surface area contributed by atoms with Gasteiger partial charge in [0.2, 0.25) is 0 Å². The van der Waals surface area contributed by atoms with Gasteiger partial charge in [-0.2, -0.15) is 5.26 Å². The number of amides is 1. The van der Waals surface area contributed by atoms with Crippen molar-refractivity contribution in [3.8, 4) is 6.07 Å². The fourth-order valence-corrected chi connectivity index (χ4v) is 1.97. The Morgan fingerprint density at radius 1 is 1.55 bits per heavy atom. The Kier molecular flexibility index (Phi) is 5.21. The molecule has 20 heavy (non-hydrogen) atoms. The lowest BCUT2D eigenvalue weighted by Crippen LogP contribution is -2.35. The molecule has 0 saturated heterocycles. The highest BCUT2D eigenvalue weighted by atomic mass is 16.6. The third kappa shape index (κ3) is 3.32. The molecule has 0 fully saturated rings. The number of hydrogen-bond acceptors (Lipinski definition) is 4. The van der Waals surface area contributed by atoms with Gasteiger partial charge in [-0.3, -0.25) is 14.9 Å². The molecule has 0 heterocycles. The summed E-state index contributed by atoms with van der Waals surface area (Å²) in [5.41, 5.74) is 0.467. The van der Waals surface area contributed by atoms with Crippen molar-refractivity contribution in [3.05, 3.63) is 39.4 Å². The molecule has 0 bridgehead atoms. The number of benzene rings is 1. The lowest BCUT2D eigenvalue weighted by Gasteiger charge is -2.22. The van der Waals surface area contributed by atoms with Crippen molar-refractivity contribution in [1.29, 1.82) is 5.26 Å².